The van der Waals surface area contributed by atoms with E-state index in [0.29, 0.717) is 0 Å². The third-order valence-electron chi connectivity index (χ3n) is 1.31. The van der Waals surface area contributed by atoms with Crippen LogP contribution in [-0.4, -0.2) is 29.0 Å². The average molecular weight is 227 g/mol. The molecule has 1 atom stereocenters. The Kier molecular flexibility index (Phi) is 9.84. The molecule has 0 aromatic rings. The molecule has 7 heteroatoms. The van der Waals surface area contributed by atoms with Gasteiger partial charge in [-0.1, -0.05) is 0 Å². The fourth-order valence-corrected chi connectivity index (χ4v) is 0.762. The van der Waals surface area contributed by atoms with Crippen molar-refractivity contribution in [2.75, 3.05) is 0 Å². The summed E-state index contributed by atoms with van der Waals surface area (Å²) in [6.07, 6.45) is -0.490. The molecule has 0 aromatic carbocycles. The molecule has 0 rings (SSSR count). The quantitative estimate of drug-likeness (QED) is 0.458. The molecule has 0 unspecified atom stereocenters. The Hall–Kier alpha value is 0.0464. The summed E-state index contributed by atoms with van der Waals surface area (Å²) in [6.45, 7) is 1.15. The van der Waals surface area contributed by atoms with Crippen molar-refractivity contribution in [2.24, 2.45) is 0 Å². The van der Waals surface area contributed by atoms with Crippen molar-refractivity contribution in [3.05, 3.63) is 0 Å². The van der Waals surface area contributed by atoms with Crippen molar-refractivity contribution in [1.29, 1.82) is 0 Å². The Morgan fingerprint density at radius 1 is 1.43 bits per heavy atom. The molecule has 0 spiro atoms. The molecule has 0 aliphatic rings. The maximum absolute atomic E-state index is 10.5. The topological polar surface area (TPSA) is 107 Å². The Balaban J connectivity index is 0. The second-order valence-corrected chi connectivity index (χ2v) is 2.50. The Bertz CT molecular complexity index is 230. The zero-order chi connectivity index (χ0) is 10.4. The predicted octanol–water partition coefficient (Wildman–Crippen LogP) is -4.89. The Morgan fingerprint density at radius 3 is 2.21 bits per heavy atom. The zero-order valence-electron chi connectivity index (χ0n) is 8.07. The molecule has 0 aliphatic heterocycles. The minimum absolute atomic E-state index is 0. The first-order valence-electron chi connectivity index (χ1n) is 3.63. The van der Waals surface area contributed by atoms with E-state index in [-0.39, 0.29) is 64.2 Å². The molecule has 0 radical (unpaired) electrons. The van der Waals surface area contributed by atoms with Crippen LogP contribution in [0.25, 0.3) is 0 Å². The van der Waals surface area contributed by atoms with Gasteiger partial charge in [0.2, 0.25) is 5.91 Å². The van der Waals surface area contributed by atoms with Crippen LogP contribution < -0.4 is 61.8 Å². The number of amides is 1. The molecule has 0 saturated heterocycles. The maximum Gasteiger partial charge on any atom is 1.00 e. The molecule has 14 heavy (non-hydrogen) atoms. The van der Waals surface area contributed by atoms with E-state index in [2.05, 4.69) is 5.32 Å². The largest absolute Gasteiger partial charge is 1.00 e. The summed E-state index contributed by atoms with van der Waals surface area (Å²) in [5, 5.41) is 20.7. The van der Waals surface area contributed by atoms with Crippen LogP contribution >= 0.6 is 0 Å². The third kappa shape index (κ3) is 8.64. The fraction of sp³-hybridized carbons (Fsp3) is 0.571. The maximum atomic E-state index is 10.5. The number of aliphatic carboxylic acids is 2. The molecule has 0 aromatic heterocycles. The minimum Gasteiger partial charge on any atom is -0.548 e. The van der Waals surface area contributed by atoms with Gasteiger partial charge in [0.15, 0.2) is 0 Å². The molecule has 2 N–H and O–H groups in total. The summed E-state index contributed by atoms with van der Waals surface area (Å²) in [5.41, 5.74) is 0. The van der Waals surface area contributed by atoms with Crippen LogP contribution in [0.1, 0.15) is 19.8 Å². The predicted molar refractivity (Wildman–Crippen MR) is 39.5 cm³/mol. The number of carbonyl (C=O) groups is 3. The van der Waals surface area contributed by atoms with Gasteiger partial charge < -0.3 is 20.3 Å². The number of carboxylic acid groups (broad SMARTS) is 2. The number of nitrogens with one attached hydrogen (secondary N) is 1. The molecule has 0 saturated carbocycles. The molecule has 0 bridgehead atoms. The van der Waals surface area contributed by atoms with Crippen molar-refractivity contribution >= 4 is 17.8 Å². The van der Waals surface area contributed by atoms with E-state index in [9.17, 15) is 19.5 Å². The monoisotopic (exact) mass is 227 g/mol. The fourth-order valence-electron chi connectivity index (χ4n) is 0.762. The van der Waals surface area contributed by atoms with Gasteiger partial charge in [-0.05, 0) is 6.42 Å². The summed E-state index contributed by atoms with van der Waals surface area (Å²) >= 11 is 0. The number of hydrogen-bond donors (Lipinski definition) is 2. The molecular weight excluding hydrogens is 217 g/mol. The molecule has 6 nitrogen and oxygen atoms in total. The van der Waals surface area contributed by atoms with Crippen molar-refractivity contribution in [2.45, 2.75) is 25.8 Å². The van der Waals surface area contributed by atoms with E-state index in [0.717, 1.165) is 6.92 Å². The SMILES string of the molecule is CC(=O)N[C@@H](CCC(=O)O)C(=O)[O-].[K+]. The second kappa shape index (κ2) is 8.36. The van der Waals surface area contributed by atoms with Crippen molar-refractivity contribution in [1.82, 2.24) is 5.32 Å². The van der Waals surface area contributed by atoms with Gasteiger partial charge in [-0.2, -0.15) is 0 Å². The average Bonchev–Trinajstić information content (AvgIpc) is 1.96. The molecule has 74 valence electrons. The van der Waals surface area contributed by atoms with Gasteiger partial charge in [0.1, 0.15) is 0 Å². The van der Waals surface area contributed by atoms with Gasteiger partial charge in [0.05, 0.1) is 12.0 Å². The molecule has 0 heterocycles. The smallest absolute Gasteiger partial charge is 0.548 e. The van der Waals surface area contributed by atoms with Gasteiger partial charge >= 0.3 is 57.4 Å². The number of hydrogen-bond acceptors (Lipinski definition) is 4. The summed E-state index contributed by atoms with van der Waals surface area (Å²) < 4.78 is 0. The van der Waals surface area contributed by atoms with Gasteiger partial charge in [-0.3, -0.25) is 9.59 Å². The van der Waals surface area contributed by atoms with E-state index >= 15 is 0 Å². The Labute approximate surface area is 123 Å². The number of carbonyl (C=O) groups excluding carboxylic acids is 2. The van der Waals surface area contributed by atoms with E-state index in [4.69, 9.17) is 5.11 Å². The van der Waals surface area contributed by atoms with Crippen LogP contribution in [0.5, 0.6) is 0 Å². The van der Waals surface area contributed by atoms with Crippen molar-refractivity contribution in [3.8, 4) is 0 Å². The first-order chi connectivity index (χ1) is 5.93. The third-order valence-corrected chi connectivity index (χ3v) is 1.31. The van der Waals surface area contributed by atoms with Gasteiger partial charge in [-0.15, -0.1) is 0 Å². The second-order valence-electron chi connectivity index (χ2n) is 2.50. The minimum atomic E-state index is -1.48. The van der Waals surface area contributed by atoms with Crippen molar-refractivity contribution in [3.63, 3.8) is 0 Å². The first kappa shape index (κ1) is 16.5. The van der Waals surface area contributed by atoms with Crippen LogP contribution in [0.2, 0.25) is 0 Å². The standard InChI is InChI=1S/C7H11NO5.K/c1-4(9)8-5(7(12)13)2-3-6(10)11;/h5H,2-3H2,1H3,(H,8,9)(H,10,11)(H,12,13);/q;+1/p-1/t5-;/m0./s1. The van der Waals surface area contributed by atoms with E-state index in [1.54, 1.807) is 0 Å². The van der Waals surface area contributed by atoms with Crippen molar-refractivity contribution < 1.29 is 76.0 Å². The molecule has 0 fully saturated rings. The summed E-state index contributed by atoms with van der Waals surface area (Å²) in [7, 11) is 0. The van der Waals surface area contributed by atoms with Crippen LogP contribution in [0.4, 0.5) is 0 Å². The van der Waals surface area contributed by atoms with E-state index in [1.165, 1.54) is 0 Å². The van der Waals surface area contributed by atoms with Crippen LogP contribution in [-0.2, 0) is 14.4 Å². The molecular formula is C7H10KNO5. The zero-order valence-corrected chi connectivity index (χ0v) is 11.2. The normalized spacial score (nSPS) is 10.9. The number of rotatable bonds is 5. The molecule has 0 aliphatic carbocycles. The van der Waals surface area contributed by atoms with Gasteiger partial charge in [0.25, 0.3) is 0 Å². The summed E-state index contributed by atoms with van der Waals surface area (Å²) in [5.74, 6) is -3.12. The first-order valence-corrected chi connectivity index (χ1v) is 3.63. The van der Waals surface area contributed by atoms with Crippen LogP contribution in [0.15, 0.2) is 0 Å². The van der Waals surface area contributed by atoms with Crippen LogP contribution in [0, 0.1) is 0 Å². The summed E-state index contributed by atoms with van der Waals surface area (Å²) in [6, 6.07) is -1.23. The Morgan fingerprint density at radius 2 is 1.93 bits per heavy atom. The molecule has 1 amide bonds. The summed E-state index contributed by atoms with van der Waals surface area (Å²) in [4.78, 5) is 30.9. The van der Waals surface area contributed by atoms with E-state index < -0.39 is 23.9 Å². The van der Waals surface area contributed by atoms with Crippen LogP contribution in [0.3, 0.4) is 0 Å². The van der Waals surface area contributed by atoms with Gasteiger partial charge in [0, 0.05) is 13.3 Å². The van der Waals surface area contributed by atoms with Gasteiger partial charge in [-0.25, -0.2) is 0 Å². The van der Waals surface area contributed by atoms with E-state index in [1.807, 2.05) is 0 Å². The number of carboxylic acids is 2.